The van der Waals surface area contributed by atoms with Gasteiger partial charge in [0.1, 0.15) is 12.7 Å². The van der Waals surface area contributed by atoms with Gasteiger partial charge in [-0.2, -0.15) is 0 Å². The molecule has 0 aliphatic heterocycles. The number of hydrogen-bond acceptors (Lipinski definition) is 10. The fourth-order valence-corrected chi connectivity index (χ4v) is 7.14. The molecule has 11 nitrogen and oxygen atoms in total. The minimum absolute atomic E-state index is 0. The first-order valence-electron chi connectivity index (χ1n) is 22.0. The molecular formula is C42H86NO10P. The standard InChI is InChI=1S/C42H83O10P.H3N/c1-3-5-7-9-11-13-15-17-19-21-23-25-27-29-31-33-41(45)49-37-40(38-51-53(47,48)50-36-39(44)35-43)52-42(46)34-32-30-28-26-24-22-20-18-16-14-12-10-8-6-4-2;/h39-40,43-44H,3-38H2,1-2H3,(H,47,48);1H3/t39?,40-;/m1./s1. The van der Waals surface area contributed by atoms with Gasteiger partial charge in [0.15, 0.2) is 6.10 Å². The Morgan fingerprint density at radius 2 is 0.815 bits per heavy atom. The molecule has 0 aromatic heterocycles. The molecule has 0 heterocycles. The molecule has 0 saturated heterocycles. The number of rotatable bonds is 42. The van der Waals surface area contributed by atoms with Gasteiger partial charge in [-0.1, -0.05) is 194 Å². The SMILES string of the molecule is CCCCCCCCCCCCCCCCCC(=O)OC[C@H](COP(=O)(O)OCC(O)CO)OC(=O)CCCCCCCCCCCCCCCCC.N. The second-order valence-corrected chi connectivity index (χ2v) is 16.5. The third-order valence-electron chi connectivity index (χ3n) is 9.76. The zero-order valence-corrected chi connectivity index (χ0v) is 35.9. The third kappa shape index (κ3) is 40.6. The van der Waals surface area contributed by atoms with Crippen LogP contribution in [0.1, 0.15) is 219 Å². The van der Waals surface area contributed by atoms with Crippen LogP contribution in [0.25, 0.3) is 0 Å². The number of unbranched alkanes of at least 4 members (excludes halogenated alkanes) is 28. The summed E-state index contributed by atoms with van der Waals surface area (Å²) in [4.78, 5) is 35.0. The summed E-state index contributed by atoms with van der Waals surface area (Å²) in [6.07, 6.45) is 34.9. The van der Waals surface area contributed by atoms with Crippen LogP contribution in [0.2, 0.25) is 0 Å². The van der Waals surface area contributed by atoms with E-state index in [1.807, 2.05) is 0 Å². The predicted molar refractivity (Wildman–Crippen MR) is 220 cm³/mol. The third-order valence-corrected chi connectivity index (χ3v) is 10.7. The van der Waals surface area contributed by atoms with Crippen molar-refractivity contribution in [2.75, 3.05) is 26.4 Å². The van der Waals surface area contributed by atoms with Crippen LogP contribution >= 0.6 is 7.82 Å². The molecule has 0 fully saturated rings. The summed E-state index contributed by atoms with van der Waals surface area (Å²) in [6.45, 7) is 2.42. The molecule has 0 aromatic carbocycles. The minimum Gasteiger partial charge on any atom is -0.462 e. The molecule has 324 valence electrons. The van der Waals surface area contributed by atoms with Crippen molar-refractivity contribution in [3.05, 3.63) is 0 Å². The first-order valence-corrected chi connectivity index (χ1v) is 23.5. The zero-order valence-electron chi connectivity index (χ0n) is 35.0. The second-order valence-electron chi connectivity index (χ2n) is 15.1. The zero-order chi connectivity index (χ0) is 39.1. The number of ether oxygens (including phenoxy) is 2. The smallest absolute Gasteiger partial charge is 0.462 e. The van der Waals surface area contributed by atoms with E-state index in [0.29, 0.717) is 12.8 Å². The monoisotopic (exact) mass is 796 g/mol. The first-order chi connectivity index (χ1) is 25.7. The molecule has 0 aliphatic rings. The lowest BCUT2D eigenvalue weighted by Gasteiger charge is -2.20. The van der Waals surface area contributed by atoms with E-state index in [1.54, 1.807) is 0 Å². The normalized spacial score (nSPS) is 13.6. The molecule has 0 saturated carbocycles. The highest BCUT2D eigenvalue weighted by atomic mass is 31.2. The van der Waals surface area contributed by atoms with Crippen molar-refractivity contribution in [2.45, 2.75) is 232 Å². The summed E-state index contributed by atoms with van der Waals surface area (Å²) in [7, 11) is -4.61. The predicted octanol–water partition coefficient (Wildman–Crippen LogP) is 11.6. The summed E-state index contributed by atoms with van der Waals surface area (Å²) in [5.41, 5.74) is 0. The molecule has 12 heteroatoms. The molecule has 0 aromatic rings. The van der Waals surface area contributed by atoms with Crippen LogP contribution in [0.4, 0.5) is 0 Å². The Labute approximate surface area is 331 Å². The van der Waals surface area contributed by atoms with Crippen molar-refractivity contribution < 1.29 is 47.8 Å². The van der Waals surface area contributed by atoms with E-state index in [1.165, 1.54) is 148 Å². The number of aliphatic hydroxyl groups is 2. The Morgan fingerprint density at radius 3 is 1.17 bits per heavy atom. The van der Waals surface area contributed by atoms with Crippen molar-refractivity contribution in [3.63, 3.8) is 0 Å². The van der Waals surface area contributed by atoms with Crippen LogP contribution in [0.5, 0.6) is 0 Å². The molecule has 0 rings (SSSR count). The molecule has 3 atom stereocenters. The number of aliphatic hydroxyl groups excluding tert-OH is 2. The maximum Gasteiger partial charge on any atom is 0.472 e. The Bertz CT molecular complexity index is 865. The van der Waals surface area contributed by atoms with Crippen LogP contribution in [-0.4, -0.2) is 65.7 Å². The topological polar surface area (TPSA) is 184 Å². The maximum atomic E-state index is 12.6. The lowest BCUT2D eigenvalue weighted by atomic mass is 10.0. The number of esters is 2. The van der Waals surface area contributed by atoms with Gasteiger partial charge in [-0.05, 0) is 12.8 Å². The Morgan fingerprint density at radius 1 is 0.500 bits per heavy atom. The summed E-state index contributed by atoms with van der Waals surface area (Å²) in [5.74, 6) is -0.909. The molecule has 0 radical (unpaired) electrons. The second kappa shape index (κ2) is 41.6. The first kappa shape index (κ1) is 55.0. The van der Waals surface area contributed by atoms with Crippen molar-refractivity contribution in [1.29, 1.82) is 0 Å². The quantitative estimate of drug-likeness (QED) is 0.0262. The number of carbonyl (C=O) groups excluding carboxylic acids is 2. The fraction of sp³-hybridized carbons (Fsp3) is 0.952. The molecule has 0 spiro atoms. The highest BCUT2D eigenvalue weighted by Crippen LogP contribution is 2.43. The van der Waals surface area contributed by atoms with Crippen molar-refractivity contribution in [2.24, 2.45) is 0 Å². The van der Waals surface area contributed by atoms with Crippen LogP contribution < -0.4 is 6.15 Å². The minimum atomic E-state index is -4.61. The van der Waals surface area contributed by atoms with E-state index in [0.717, 1.165) is 32.1 Å². The molecule has 0 aliphatic carbocycles. The van der Waals surface area contributed by atoms with Gasteiger partial charge in [-0.3, -0.25) is 18.6 Å². The van der Waals surface area contributed by atoms with E-state index in [9.17, 15) is 24.2 Å². The number of phosphoric ester groups is 1. The average molecular weight is 796 g/mol. The highest BCUT2D eigenvalue weighted by molar-refractivity contribution is 7.47. The largest absolute Gasteiger partial charge is 0.472 e. The summed E-state index contributed by atoms with van der Waals surface area (Å²) in [6, 6.07) is 0. The van der Waals surface area contributed by atoms with Crippen molar-refractivity contribution in [3.8, 4) is 0 Å². The van der Waals surface area contributed by atoms with Gasteiger partial charge in [0.2, 0.25) is 0 Å². The van der Waals surface area contributed by atoms with E-state index in [2.05, 4.69) is 13.8 Å². The van der Waals surface area contributed by atoms with Gasteiger partial charge >= 0.3 is 19.8 Å². The Kier molecular flexibility index (Phi) is 42.4. The molecule has 0 amide bonds. The van der Waals surface area contributed by atoms with Gasteiger partial charge in [-0.15, -0.1) is 0 Å². The Hall–Kier alpha value is -1.07. The molecular weight excluding hydrogens is 709 g/mol. The van der Waals surface area contributed by atoms with E-state index >= 15 is 0 Å². The Balaban J connectivity index is 0. The van der Waals surface area contributed by atoms with Crippen molar-refractivity contribution in [1.82, 2.24) is 6.15 Å². The maximum absolute atomic E-state index is 12.6. The van der Waals surface area contributed by atoms with Crippen LogP contribution in [0.15, 0.2) is 0 Å². The number of hydrogen-bond donors (Lipinski definition) is 4. The van der Waals surface area contributed by atoms with E-state index in [4.69, 9.17) is 23.6 Å². The van der Waals surface area contributed by atoms with Gasteiger partial charge < -0.3 is 30.7 Å². The lowest BCUT2D eigenvalue weighted by Crippen LogP contribution is -2.29. The van der Waals surface area contributed by atoms with Crippen LogP contribution in [0.3, 0.4) is 0 Å². The van der Waals surface area contributed by atoms with Gasteiger partial charge in [0, 0.05) is 12.8 Å². The molecule has 54 heavy (non-hydrogen) atoms. The van der Waals surface area contributed by atoms with Crippen molar-refractivity contribution >= 4 is 19.8 Å². The van der Waals surface area contributed by atoms with Crippen LogP contribution in [0, 0.1) is 0 Å². The molecule has 0 bridgehead atoms. The molecule has 2 unspecified atom stereocenters. The van der Waals surface area contributed by atoms with E-state index < -0.39 is 51.8 Å². The van der Waals surface area contributed by atoms with Gasteiger partial charge in [0.25, 0.3) is 0 Å². The summed E-state index contributed by atoms with van der Waals surface area (Å²) < 4.78 is 32.7. The van der Waals surface area contributed by atoms with Crippen LogP contribution in [-0.2, 0) is 32.7 Å². The molecule has 6 N–H and O–H groups in total. The van der Waals surface area contributed by atoms with Gasteiger partial charge in [0.05, 0.1) is 19.8 Å². The van der Waals surface area contributed by atoms with Gasteiger partial charge in [-0.25, -0.2) is 4.57 Å². The number of carbonyl (C=O) groups is 2. The lowest BCUT2D eigenvalue weighted by molar-refractivity contribution is -0.161. The highest BCUT2D eigenvalue weighted by Gasteiger charge is 2.27. The summed E-state index contributed by atoms with van der Waals surface area (Å²) >= 11 is 0. The van der Waals surface area contributed by atoms with E-state index in [-0.39, 0.29) is 25.6 Å². The average Bonchev–Trinajstić information content (AvgIpc) is 3.14. The number of phosphoric acid groups is 1. The summed E-state index contributed by atoms with van der Waals surface area (Å²) in [5, 5.41) is 18.3. The fourth-order valence-electron chi connectivity index (χ4n) is 6.35.